The van der Waals surface area contributed by atoms with Gasteiger partial charge in [0.2, 0.25) is 0 Å². The molecule has 0 radical (unpaired) electrons. The van der Waals surface area contributed by atoms with Crippen LogP contribution in [0.4, 0.5) is 0 Å². The molecule has 0 amide bonds. The second-order valence-corrected chi connectivity index (χ2v) is 7.58. The minimum atomic E-state index is -0.152. The van der Waals surface area contributed by atoms with E-state index in [1.54, 1.807) is 55.4 Å². The summed E-state index contributed by atoms with van der Waals surface area (Å²) >= 11 is 0. The molecule has 28 heavy (non-hydrogen) atoms. The Bertz CT molecular complexity index is 553. The highest BCUT2D eigenvalue weighted by Crippen LogP contribution is 2.09. The van der Waals surface area contributed by atoms with Gasteiger partial charge in [0.15, 0.2) is 34.7 Å². The van der Waals surface area contributed by atoms with E-state index < -0.39 is 0 Å². The predicted octanol–water partition coefficient (Wildman–Crippen LogP) is 3.93. The molecule has 0 saturated carbocycles. The molecule has 0 aromatic rings. The maximum absolute atomic E-state index is 11.5. The Kier molecular flexibility index (Phi) is 13.8. The lowest BCUT2D eigenvalue weighted by Crippen LogP contribution is -2.14. The number of carbonyl (C=O) groups excluding carboxylic acids is 4. The van der Waals surface area contributed by atoms with E-state index in [1.165, 1.54) is 26.4 Å². The molecule has 0 unspecified atom stereocenters. The van der Waals surface area contributed by atoms with E-state index >= 15 is 0 Å². The summed E-state index contributed by atoms with van der Waals surface area (Å²) in [7, 11) is 2.80. The second kappa shape index (κ2) is 13.9. The lowest BCUT2D eigenvalue weighted by atomic mass is 10.0. The normalized spacial score (nSPS) is 12.1. The SMILES string of the molecule is CO/C(=C/C(=O)C(C)C)C(=O)C(C)C.CO/C(=C/C(=O)C(C)C)C(=O)C(C)C. The van der Waals surface area contributed by atoms with Gasteiger partial charge in [0.05, 0.1) is 14.2 Å². The van der Waals surface area contributed by atoms with Crippen LogP contribution < -0.4 is 0 Å². The van der Waals surface area contributed by atoms with Crippen LogP contribution in [0.15, 0.2) is 23.7 Å². The van der Waals surface area contributed by atoms with Crippen molar-refractivity contribution in [2.45, 2.75) is 55.4 Å². The quantitative estimate of drug-likeness (QED) is 0.411. The number of ether oxygens (including phenoxy) is 2. The molecule has 0 heterocycles. The fourth-order valence-corrected chi connectivity index (χ4v) is 1.62. The summed E-state index contributed by atoms with van der Waals surface area (Å²) in [6.45, 7) is 14.2. The largest absolute Gasteiger partial charge is 0.493 e. The minimum Gasteiger partial charge on any atom is -0.493 e. The number of ketones is 4. The first-order chi connectivity index (χ1) is 12.8. The average Bonchev–Trinajstić information content (AvgIpc) is 2.62. The molecule has 6 heteroatoms. The molecule has 0 aromatic carbocycles. The maximum atomic E-state index is 11.5. The van der Waals surface area contributed by atoms with Crippen LogP contribution in [0.25, 0.3) is 0 Å². The number of Topliss-reactive ketones (excluding diaryl/α,β-unsaturated/α-hetero) is 2. The first kappa shape index (κ1) is 28.0. The summed E-state index contributed by atoms with van der Waals surface area (Å²) < 4.78 is 9.77. The van der Waals surface area contributed by atoms with Crippen LogP contribution in [0.3, 0.4) is 0 Å². The molecular weight excluding hydrogens is 360 g/mol. The molecule has 0 rings (SSSR count). The summed E-state index contributed by atoms with van der Waals surface area (Å²) in [6.07, 6.45) is 2.57. The zero-order valence-corrected chi connectivity index (χ0v) is 18.9. The van der Waals surface area contributed by atoms with Crippen LogP contribution in [-0.4, -0.2) is 37.4 Å². The fourth-order valence-electron chi connectivity index (χ4n) is 1.62. The smallest absolute Gasteiger partial charge is 0.199 e. The molecule has 0 aliphatic rings. The van der Waals surface area contributed by atoms with Gasteiger partial charge in [-0.05, 0) is 0 Å². The Morgan fingerprint density at radius 3 is 0.929 bits per heavy atom. The Balaban J connectivity index is 0. The third-order valence-corrected chi connectivity index (χ3v) is 3.66. The van der Waals surface area contributed by atoms with Gasteiger partial charge >= 0.3 is 0 Å². The number of hydrogen-bond acceptors (Lipinski definition) is 6. The van der Waals surface area contributed by atoms with Crippen LogP contribution >= 0.6 is 0 Å². The van der Waals surface area contributed by atoms with Crippen molar-refractivity contribution in [1.82, 2.24) is 0 Å². The topological polar surface area (TPSA) is 86.7 Å². The van der Waals surface area contributed by atoms with Crippen molar-refractivity contribution in [2.24, 2.45) is 23.7 Å². The molecular formula is C22H36O6. The van der Waals surface area contributed by atoms with Gasteiger partial charge in [0.1, 0.15) is 0 Å². The zero-order valence-electron chi connectivity index (χ0n) is 18.9. The van der Waals surface area contributed by atoms with Crippen LogP contribution in [-0.2, 0) is 28.7 Å². The van der Waals surface area contributed by atoms with Crippen LogP contribution in [0.1, 0.15) is 55.4 Å². The van der Waals surface area contributed by atoms with Gasteiger partial charge in [-0.3, -0.25) is 19.2 Å². The minimum absolute atomic E-state index is 0.0872. The summed E-state index contributed by atoms with van der Waals surface area (Å²) in [4.78, 5) is 45.6. The van der Waals surface area contributed by atoms with Crippen LogP contribution in [0.5, 0.6) is 0 Å². The Morgan fingerprint density at radius 1 is 0.536 bits per heavy atom. The Labute approximate surface area is 169 Å². The molecule has 6 nitrogen and oxygen atoms in total. The van der Waals surface area contributed by atoms with Crippen molar-refractivity contribution in [3.63, 3.8) is 0 Å². The monoisotopic (exact) mass is 396 g/mol. The van der Waals surface area contributed by atoms with Gasteiger partial charge in [-0.2, -0.15) is 0 Å². The zero-order chi connectivity index (χ0) is 22.6. The highest BCUT2D eigenvalue weighted by molar-refractivity contribution is 6.03. The van der Waals surface area contributed by atoms with Gasteiger partial charge < -0.3 is 9.47 Å². The van der Waals surface area contributed by atoms with Crippen molar-refractivity contribution in [1.29, 1.82) is 0 Å². The molecule has 0 aliphatic heterocycles. The standard InChI is InChI=1S/2C11H18O3/c2*1-7(2)9(12)6-10(14-5)11(13)8(3)4/h2*6-8H,1-5H3/b2*10-6+. The first-order valence-electron chi connectivity index (χ1n) is 9.47. The van der Waals surface area contributed by atoms with Gasteiger partial charge in [-0.25, -0.2) is 0 Å². The molecule has 160 valence electrons. The summed E-state index contributed by atoms with van der Waals surface area (Å²) in [5.41, 5.74) is 0. The van der Waals surface area contributed by atoms with E-state index in [9.17, 15) is 19.2 Å². The molecule has 0 fully saturated rings. The number of allylic oxidation sites excluding steroid dienone is 4. The fraction of sp³-hybridized carbons (Fsp3) is 0.636. The number of rotatable bonds is 10. The highest BCUT2D eigenvalue weighted by atomic mass is 16.5. The molecule has 0 bridgehead atoms. The van der Waals surface area contributed by atoms with E-state index in [0.717, 1.165) is 0 Å². The van der Waals surface area contributed by atoms with Gasteiger partial charge in [-0.1, -0.05) is 55.4 Å². The number of hydrogen-bond donors (Lipinski definition) is 0. The maximum Gasteiger partial charge on any atom is 0.199 e. The molecule has 0 saturated heterocycles. The van der Waals surface area contributed by atoms with Crippen molar-refractivity contribution in [3.8, 4) is 0 Å². The van der Waals surface area contributed by atoms with Crippen molar-refractivity contribution < 1.29 is 28.7 Å². The molecule has 0 spiro atoms. The van der Waals surface area contributed by atoms with Crippen molar-refractivity contribution >= 4 is 23.1 Å². The third kappa shape index (κ3) is 10.8. The average molecular weight is 397 g/mol. The van der Waals surface area contributed by atoms with Crippen LogP contribution in [0, 0.1) is 23.7 Å². The lowest BCUT2D eigenvalue weighted by Gasteiger charge is -2.08. The summed E-state index contributed by atoms with van der Waals surface area (Å²) in [5.74, 6) is -0.672. The Hall–Kier alpha value is -2.24. The van der Waals surface area contributed by atoms with Crippen molar-refractivity contribution in [3.05, 3.63) is 23.7 Å². The summed E-state index contributed by atoms with van der Waals surface area (Å²) in [6, 6.07) is 0. The first-order valence-corrected chi connectivity index (χ1v) is 9.47. The molecule has 0 N–H and O–H groups in total. The summed E-state index contributed by atoms with van der Waals surface area (Å²) in [5, 5.41) is 0. The molecule has 0 aliphatic carbocycles. The van der Waals surface area contributed by atoms with Gasteiger partial charge in [-0.15, -0.1) is 0 Å². The third-order valence-electron chi connectivity index (χ3n) is 3.66. The van der Waals surface area contributed by atoms with Gasteiger partial charge in [0.25, 0.3) is 0 Å². The van der Waals surface area contributed by atoms with E-state index in [-0.39, 0.29) is 58.3 Å². The van der Waals surface area contributed by atoms with Crippen molar-refractivity contribution in [2.75, 3.05) is 14.2 Å². The predicted molar refractivity (Wildman–Crippen MR) is 110 cm³/mol. The Morgan fingerprint density at radius 2 is 0.786 bits per heavy atom. The number of carbonyl (C=O) groups is 4. The second-order valence-electron chi connectivity index (χ2n) is 7.58. The van der Waals surface area contributed by atoms with E-state index in [2.05, 4.69) is 0 Å². The van der Waals surface area contributed by atoms with E-state index in [1.807, 2.05) is 0 Å². The van der Waals surface area contributed by atoms with Gasteiger partial charge in [0, 0.05) is 35.8 Å². The lowest BCUT2D eigenvalue weighted by molar-refractivity contribution is -0.122. The number of methoxy groups -OCH3 is 2. The molecule has 0 aromatic heterocycles. The molecule has 0 atom stereocenters. The van der Waals surface area contributed by atoms with E-state index in [4.69, 9.17) is 9.47 Å². The van der Waals surface area contributed by atoms with Crippen LogP contribution in [0.2, 0.25) is 0 Å². The van der Waals surface area contributed by atoms with E-state index in [0.29, 0.717) is 0 Å². The highest BCUT2D eigenvalue weighted by Gasteiger charge is 2.17.